The van der Waals surface area contributed by atoms with Gasteiger partial charge in [0.15, 0.2) is 0 Å². The number of likely N-dealkylation sites (N-methyl/N-ethyl adjacent to an activating group) is 1. The Morgan fingerprint density at radius 3 is 2.41 bits per heavy atom. The molecule has 6 heteroatoms. The molecule has 0 fully saturated rings. The molecule has 1 aromatic heterocycles. The van der Waals surface area contributed by atoms with E-state index in [0.717, 1.165) is 18.1 Å². The number of rotatable bonds is 7. The fraction of sp³-hybridized carbons (Fsp3) is 0.375. The third-order valence-corrected chi connectivity index (χ3v) is 3.16. The smallest absolute Gasteiger partial charge is 0.224 e. The van der Waals surface area contributed by atoms with Crippen LogP contribution < -0.4 is 14.4 Å². The first-order valence-electron chi connectivity index (χ1n) is 7.19. The van der Waals surface area contributed by atoms with Gasteiger partial charge in [0.25, 0.3) is 0 Å². The molecule has 6 nitrogen and oxygen atoms in total. The molecule has 0 radical (unpaired) electrons. The van der Waals surface area contributed by atoms with Crippen LogP contribution in [-0.2, 0) is 0 Å². The van der Waals surface area contributed by atoms with Crippen molar-refractivity contribution in [2.75, 3.05) is 31.7 Å². The van der Waals surface area contributed by atoms with E-state index in [4.69, 9.17) is 14.6 Å². The average molecular weight is 303 g/mol. The van der Waals surface area contributed by atoms with Crippen LogP contribution in [0.15, 0.2) is 30.3 Å². The van der Waals surface area contributed by atoms with Gasteiger partial charge in [-0.15, -0.1) is 0 Å². The van der Waals surface area contributed by atoms with E-state index in [-0.39, 0.29) is 6.61 Å². The highest BCUT2D eigenvalue weighted by Crippen LogP contribution is 2.25. The molecule has 0 aliphatic carbocycles. The molecular formula is C16H21N3O3. The van der Waals surface area contributed by atoms with Crippen molar-refractivity contribution in [1.82, 2.24) is 9.97 Å². The summed E-state index contributed by atoms with van der Waals surface area (Å²) in [5, 5.41) is 9.12. The van der Waals surface area contributed by atoms with Crippen molar-refractivity contribution in [1.29, 1.82) is 0 Å². The summed E-state index contributed by atoms with van der Waals surface area (Å²) in [6.45, 7) is 5.17. The summed E-state index contributed by atoms with van der Waals surface area (Å²) in [6, 6.07) is 9.07. The normalized spacial score (nSPS) is 10.4. The van der Waals surface area contributed by atoms with Gasteiger partial charge in [0, 0.05) is 19.2 Å². The molecule has 1 N–H and O–H groups in total. The molecule has 0 spiro atoms. The zero-order valence-electron chi connectivity index (χ0n) is 13.1. The number of hydrogen-bond donors (Lipinski definition) is 1. The summed E-state index contributed by atoms with van der Waals surface area (Å²) in [5.74, 6) is 3.29. The number of hydrogen-bond acceptors (Lipinski definition) is 6. The molecule has 0 atom stereocenters. The van der Waals surface area contributed by atoms with Crippen molar-refractivity contribution in [3.63, 3.8) is 0 Å². The largest absolute Gasteiger partial charge is 0.497 e. The number of aromatic nitrogens is 2. The Labute approximate surface area is 130 Å². The minimum atomic E-state index is 0.0750. The molecule has 0 bridgehead atoms. The Kier molecular flexibility index (Phi) is 5.55. The first-order chi connectivity index (χ1) is 10.7. The predicted octanol–water partition coefficient (Wildman–Crippen LogP) is 2.40. The summed E-state index contributed by atoms with van der Waals surface area (Å²) in [7, 11) is 1.62. The second kappa shape index (κ2) is 7.61. The Balaban J connectivity index is 2.21. The number of aliphatic hydroxyl groups is 1. The highest BCUT2D eigenvalue weighted by molar-refractivity contribution is 5.43. The molecule has 0 amide bonds. The number of aliphatic hydroxyl groups excluding tert-OH is 1. The maximum Gasteiger partial charge on any atom is 0.224 e. The van der Waals surface area contributed by atoms with Crippen LogP contribution in [0.4, 0.5) is 5.82 Å². The topological polar surface area (TPSA) is 67.7 Å². The number of aryl methyl sites for hydroxylation is 1. The van der Waals surface area contributed by atoms with E-state index in [0.29, 0.717) is 24.0 Å². The van der Waals surface area contributed by atoms with Crippen LogP contribution in [0.3, 0.4) is 0 Å². The number of benzene rings is 1. The Hall–Kier alpha value is -2.34. The van der Waals surface area contributed by atoms with Gasteiger partial charge < -0.3 is 19.5 Å². The minimum absolute atomic E-state index is 0.0750. The molecule has 0 saturated carbocycles. The van der Waals surface area contributed by atoms with Crippen LogP contribution in [0.5, 0.6) is 17.4 Å². The predicted molar refractivity (Wildman–Crippen MR) is 84.8 cm³/mol. The fourth-order valence-corrected chi connectivity index (χ4v) is 2.06. The molecule has 2 rings (SSSR count). The zero-order valence-corrected chi connectivity index (χ0v) is 13.1. The van der Waals surface area contributed by atoms with Gasteiger partial charge in [-0.05, 0) is 38.1 Å². The highest BCUT2D eigenvalue weighted by Gasteiger charge is 2.10. The van der Waals surface area contributed by atoms with Gasteiger partial charge in [-0.3, -0.25) is 0 Å². The molecule has 0 aliphatic rings. The second-order valence-electron chi connectivity index (χ2n) is 4.69. The number of anilines is 1. The van der Waals surface area contributed by atoms with Crippen molar-refractivity contribution < 1.29 is 14.6 Å². The van der Waals surface area contributed by atoms with Gasteiger partial charge in [0.05, 0.1) is 13.7 Å². The fourth-order valence-electron chi connectivity index (χ4n) is 2.06. The van der Waals surface area contributed by atoms with Crippen molar-refractivity contribution >= 4 is 5.82 Å². The van der Waals surface area contributed by atoms with Gasteiger partial charge in [-0.2, -0.15) is 4.98 Å². The number of nitrogens with zero attached hydrogens (tertiary/aromatic N) is 3. The summed E-state index contributed by atoms with van der Waals surface area (Å²) in [5.41, 5.74) is 0. The summed E-state index contributed by atoms with van der Waals surface area (Å²) < 4.78 is 10.9. The van der Waals surface area contributed by atoms with Crippen LogP contribution >= 0.6 is 0 Å². The molecule has 0 aliphatic heterocycles. The van der Waals surface area contributed by atoms with Gasteiger partial charge in [0.2, 0.25) is 5.88 Å². The Bertz CT molecular complexity index is 602. The molecule has 118 valence electrons. The molecule has 1 aromatic carbocycles. The Morgan fingerprint density at radius 2 is 1.82 bits per heavy atom. The van der Waals surface area contributed by atoms with E-state index >= 15 is 0 Å². The van der Waals surface area contributed by atoms with E-state index in [1.165, 1.54) is 0 Å². The third kappa shape index (κ3) is 4.08. The minimum Gasteiger partial charge on any atom is -0.497 e. The van der Waals surface area contributed by atoms with Crippen LogP contribution in [-0.4, -0.2) is 41.9 Å². The zero-order chi connectivity index (χ0) is 15.9. The van der Waals surface area contributed by atoms with E-state index in [1.807, 2.05) is 43.0 Å². The molecule has 0 unspecified atom stereocenters. The number of ether oxygens (including phenoxy) is 2. The Morgan fingerprint density at radius 1 is 1.14 bits per heavy atom. The highest BCUT2D eigenvalue weighted by atomic mass is 16.5. The van der Waals surface area contributed by atoms with Crippen LogP contribution in [0.1, 0.15) is 12.7 Å². The molecule has 1 heterocycles. The maximum absolute atomic E-state index is 9.12. The quantitative estimate of drug-likeness (QED) is 0.847. The van der Waals surface area contributed by atoms with Gasteiger partial charge >= 0.3 is 0 Å². The summed E-state index contributed by atoms with van der Waals surface area (Å²) in [6.07, 6.45) is 0. The van der Waals surface area contributed by atoms with Gasteiger partial charge in [-0.25, -0.2) is 4.98 Å². The van der Waals surface area contributed by atoms with E-state index in [2.05, 4.69) is 9.97 Å². The summed E-state index contributed by atoms with van der Waals surface area (Å²) in [4.78, 5) is 10.7. The van der Waals surface area contributed by atoms with Crippen molar-refractivity contribution in [2.45, 2.75) is 13.8 Å². The van der Waals surface area contributed by atoms with Crippen LogP contribution in [0, 0.1) is 6.92 Å². The third-order valence-electron chi connectivity index (χ3n) is 3.16. The molecular weight excluding hydrogens is 282 g/mol. The second-order valence-corrected chi connectivity index (χ2v) is 4.69. The monoisotopic (exact) mass is 303 g/mol. The van der Waals surface area contributed by atoms with Crippen LogP contribution in [0.2, 0.25) is 0 Å². The molecule has 2 aromatic rings. The molecule has 0 saturated heterocycles. The van der Waals surface area contributed by atoms with Crippen molar-refractivity contribution in [2.24, 2.45) is 0 Å². The lowest BCUT2D eigenvalue weighted by Crippen LogP contribution is -2.27. The molecule has 22 heavy (non-hydrogen) atoms. The van der Waals surface area contributed by atoms with Gasteiger partial charge in [-0.1, -0.05) is 0 Å². The van der Waals surface area contributed by atoms with E-state index in [9.17, 15) is 0 Å². The van der Waals surface area contributed by atoms with Gasteiger partial charge in [0.1, 0.15) is 23.1 Å². The lowest BCUT2D eigenvalue weighted by atomic mass is 10.3. The maximum atomic E-state index is 9.12. The lowest BCUT2D eigenvalue weighted by molar-refractivity contribution is 0.302. The standard InChI is InChI=1S/C16H21N3O3/c1-4-19(9-10-20)15-11-16(18-12(2)17-15)22-14-7-5-13(21-3)6-8-14/h5-8,11,20H,4,9-10H2,1-3H3. The van der Waals surface area contributed by atoms with E-state index in [1.54, 1.807) is 13.2 Å². The number of methoxy groups -OCH3 is 1. The van der Waals surface area contributed by atoms with Crippen LogP contribution in [0.25, 0.3) is 0 Å². The SMILES string of the molecule is CCN(CCO)c1cc(Oc2ccc(OC)cc2)nc(C)n1. The first-order valence-corrected chi connectivity index (χ1v) is 7.19. The first kappa shape index (κ1) is 16.0. The van der Waals surface area contributed by atoms with Crippen molar-refractivity contribution in [3.05, 3.63) is 36.2 Å². The average Bonchev–Trinajstić information content (AvgIpc) is 2.52. The summed E-state index contributed by atoms with van der Waals surface area (Å²) >= 11 is 0. The van der Waals surface area contributed by atoms with Crippen molar-refractivity contribution in [3.8, 4) is 17.4 Å². The lowest BCUT2D eigenvalue weighted by Gasteiger charge is -2.21. The van der Waals surface area contributed by atoms with E-state index < -0.39 is 0 Å².